The maximum absolute atomic E-state index is 4.35. The first-order valence-electron chi connectivity index (χ1n) is 6.77. The van der Waals surface area contributed by atoms with E-state index in [1.807, 2.05) is 19.1 Å². The zero-order valence-electron chi connectivity index (χ0n) is 11.8. The summed E-state index contributed by atoms with van der Waals surface area (Å²) in [6.45, 7) is 3.92. The third-order valence-electron chi connectivity index (χ3n) is 3.69. The lowest BCUT2D eigenvalue weighted by molar-refractivity contribution is 0.674. The summed E-state index contributed by atoms with van der Waals surface area (Å²) < 4.78 is 0. The van der Waals surface area contributed by atoms with Crippen molar-refractivity contribution in [3.05, 3.63) is 36.5 Å². The van der Waals surface area contributed by atoms with Gasteiger partial charge in [-0.3, -0.25) is 0 Å². The minimum absolute atomic E-state index is 0.410. The normalized spacial score (nSPS) is 18.3. The first-order chi connectivity index (χ1) is 9.74. The largest absolute Gasteiger partial charge is 0.354 e. The molecule has 0 N–H and O–H groups in total. The SMILES string of the molecule is Cc1cc(N2CCC(N(C)c3ncccn3)C2)ncn1. The van der Waals surface area contributed by atoms with Crippen LogP contribution in [0.4, 0.5) is 11.8 Å². The molecule has 104 valence electrons. The van der Waals surface area contributed by atoms with Gasteiger partial charge in [-0.05, 0) is 19.4 Å². The fourth-order valence-corrected chi connectivity index (χ4v) is 2.52. The average molecular weight is 270 g/mol. The minimum atomic E-state index is 0.410. The monoisotopic (exact) mass is 270 g/mol. The molecule has 1 unspecified atom stereocenters. The average Bonchev–Trinajstić information content (AvgIpc) is 2.97. The Morgan fingerprint density at radius 1 is 1.20 bits per heavy atom. The molecule has 6 heteroatoms. The molecule has 2 aromatic heterocycles. The molecule has 1 fully saturated rings. The summed E-state index contributed by atoms with van der Waals surface area (Å²) in [5.41, 5.74) is 0.998. The zero-order chi connectivity index (χ0) is 13.9. The van der Waals surface area contributed by atoms with E-state index in [1.54, 1.807) is 18.7 Å². The summed E-state index contributed by atoms with van der Waals surface area (Å²) >= 11 is 0. The summed E-state index contributed by atoms with van der Waals surface area (Å²) in [6, 6.07) is 4.27. The van der Waals surface area contributed by atoms with Crippen LogP contribution in [-0.4, -0.2) is 46.1 Å². The molecule has 20 heavy (non-hydrogen) atoms. The van der Waals surface area contributed by atoms with Crippen molar-refractivity contribution >= 4 is 11.8 Å². The van der Waals surface area contributed by atoms with Crippen LogP contribution in [0.15, 0.2) is 30.9 Å². The Hall–Kier alpha value is -2.24. The van der Waals surface area contributed by atoms with Gasteiger partial charge in [0.1, 0.15) is 12.1 Å². The second kappa shape index (κ2) is 5.40. The van der Waals surface area contributed by atoms with Crippen LogP contribution in [0.25, 0.3) is 0 Å². The number of likely N-dealkylation sites (N-methyl/N-ethyl adjacent to an activating group) is 1. The van der Waals surface area contributed by atoms with Crippen molar-refractivity contribution in [1.29, 1.82) is 0 Å². The molecule has 3 rings (SSSR count). The van der Waals surface area contributed by atoms with Gasteiger partial charge in [0.05, 0.1) is 6.04 Å². The van der Waals surface area contributed by atoms with Crippen molar-refractivity contribution in [3.8, 4) is 0 Å². The summed E-state index contributed by atoms with van der Waals surface area (Å²) in [6.07, 6.45) is 6.26. The molecule has 3 heterocycles. The third-order valence-corrected chi connectivity index (χ3v) is 3.69. The molecule has 6 nitrogen and oxygen atoms in total. The molecular formula is C14H18N6. The van der Waals surface area contributed by atoms with Crippen LogP contribution in [0, 0.1) is 6.92 Å². The first-order valence-corrected chi connectivity index (χ1v) is 6.77. The lowest BCUT2D eigenvalue weighted by atomic mass is 10.2. The van der Waals surface area contributed by atoms with Gasteiger partial charge in [0.2, 0.25) is 5.95 Å². The van der Waals surface area contributed by atoms with E-state index in [4.69, 9.17) is 0 Å². The summed E-state index contributed by atoms with van der Waals surface area (Å²) in [5, 5.41) is 0. The number of hydrogen-bond acceptors (Lipinski definition) is 6. The first kappa shape index (κ1) is 12.8. The number of anilines is 2. The van der Waals surface area contributed by atoms with E-state index in [9.17, 15) is 0 Å². The van der Waals surface area contributed by atoms with Crippen molar-refractivity contribution in [2.45, 2.75) is 19.4 Å². The number of aromatic nitrogens is 4. The molecule has 0 amide bonds. The Kier molecular flexibility index (Phi) is 3.45. The smallest absolute Gasteiger partial charge is 0.225 e. The van der Waals surface area contributed by atoms with Gasteiger partial charge < -0.3 is 9.80 Å². The lowest BCUT2D eigenvalue weighted by Crippen LogP contribution is -2.35. The minimum Gasteiger partial charge on any atom is -0.354 e. The maximum Gasteiger partial charge on any atom is 0.225 e. The Morgan fingerprint density at radius 3 is 2.75 bits per heavy atom. The molecule has 0 spiro atoms. The highest BCUT2D eigenvalue weighted by molar-refractivity contribution is 5.42. The van der Waals surface area contributed by atoms with Crippen molar-refractivity contribution in [2.24, 2.45) is 0 Å². The van der Waals surface area contributed by atoms with Gasteiger partial charge in [-0.25, -0.2) is 19.9 Å². The maximum atomic E-state index is 4.35. The van der Waals surface area contributed by atoms with E-state index in [-0.39, 0.29) is 0 Å². The highest BCUT2D eigenvalue weighted by Crippen LogP contribution is 2.22. The predicted molar refractivity (Wildman–Crippen MR) is 77.8 cm³/mol. The van der Waals surface area contributed by atoms with Crippen LogP contribution in [0.3, 0.4) is 0 Å². The molecule has 0 saturated carbocycles. The van der Waals surface area contributed by atoms with E-state index in [0.29, 0.717) is 6.04 Å². The Balaban J connectivity index is 1.71. The Labute approximate surface area is 118 Å². The topological polar surface area (TPSA) is 58.0 Å². The number of aryl methyl sites for hydroxylation is 1. The van der Waals surface area contributed by atoms with Gasteiger partial charge in [0, 0.05) is 44.3 Å². The van der Waals surface area contributed by atoms with Crippen molar-refractivity contribution in [2.75, 3.05) is 29.9 Å². The van der Waals surface area contributed by atoms with Gasteiger partial charge in [0.15, 0.2) is 0 Å². The van der Waals surface area contributed by atoms with Gasteiger partial charge in [-0.2, -0.15) is 0 Å². The van der Waals surface area contributed by atoms with Crippen LogP contribution in [0.2, 0.25) is 0 Å². The summed E-state index contributed by atoms with van der Waals surface area (Å²) in [4.78, 5) is 21.5. The van der Waals surface area contributed by atoms with Crippen LogP contribution in [0.5, 0.6) is 0 Å². The molecule has 1 saturated heterocycles. The lowest BCUT2D eigenvalue weighted by Gasteiger charge is -2.24. The second-order valence-electron chi connectivity index (χ2n) is 5.07. The fourth-order valence-electron chi connectivity index (χ4n) is 2.52. The Morgan fingerprint density at radius 2 is 2.00 bits per heavy atom. The molecular weight excluding hydrogens is 252 g/mol. The molecule has 1 aliphatic heterocycles. The third kappa shape index (κ3) is 2.54. The molecule has 2 aromatic rings. The Bertz CT molecular complexity index is 573. The second-order valence-corrected chi connectivity index (χ2v) is 5.07. The predicted octanol–water partition coefficient (Wildman–Crippen LogP) is 1.29. The van der Waals surface area contributed by atoms with Crippen LogP contribution in [-0.2, 0) is 0 Å². The van der Waals surface area contributed by atoms with E-state index >= 15 is 0 Å². The van der Waals surface area contributed by atoms with Crippen molar-refractivity contribution in [1.82, 2.24) is 19.9 Å². The number of rotatable bonds is 3. The van der Waals surface area contributed by atoms with E-state index in [0.717, 1.165) is 37.0 Å². The van der Waals surface area contributed by atoms with Gasteiger partial charge in [0.25, 0.3) is 0 Å². The van der Waals surface area contributed by atoms with Crippen LogP contribution >= 0.6 is 0 Å². The van der Waals surface area contributed by atoms with Crippen LogP contribution < -0.4 is 9.80 Å². The standard InChI is InChI=1S/C14H18N6/c1-11-8-13(18-10-17-11)20-7-4-12(9-20)19(2)14-15-5-3-6-16-14/h3,5-6,8,10,12H,4,7,9H2,1-2H3. The van der Waals surface area contributed by atoms with Crippen molar-refractivity contribution in [3.63, 3.8) is 0 Å². The molecule has 1 aliphatic rings. The highest BCUT2D eigenvalue weighted by Gasteiger charge is 2.27. The molecule has 0 radical (unpaired) electrons. The van der Waals surface area contributed by atoms with E-state index in [2.05, 4.69) is 36.8 Å². The van der Waals surface area contributed by atoms with E-state index < -0.39 is 0 Å². The number of nitrogens with zero attached hydrogens (tertiary/aromatic N) is 6. The summed E-state index contributed by atoms with van der Waals surface area (Å²) in [7, 11) is 2.05. The molecule has 0 aromatic carbocycles. The van der Waals surface area contributed by atoms with Crippen molar-refractivity contribution < 1.29 is 0 Å². The van der Waals surface area contributed by atoms with Gasteiger partial charge >= 0.3 is 0 Å². The van der Waals surface area contributed by atoms with Gasteiger partial charge in [-0.15, -0.1) is 0 Å². The van der Waals surface area contributed by atoms with Crippen LogP contribution in [0.1, 0.15) is 12.1 Å². The molecule has 0 aliphatic carbocycles. The summed E-state index contributed by atoms with van der Waals surface area (Å²) in [5.74, 6) is 1.78. The van der Waals surface area contributed by atoms with E-state index in [1.165, 1.54) is 0 Å². The van der Waals surface area contributed by atoms with Gasteiger partial charge in [-0.1, -0.05) is 0 Å². The molecule has 0 bridgehead atoms. The molecule has 1 atom stereocenters. The zero-order valence-corrected chi connectivity index (χ0v) is 11.8. The quantitative estimate of drug-likeness (QED) is 0.837. The number of hydrogen-bond donors (Lipinski definition) is 0. The fraction of sp³-hybridized carbons (Fsp3) is 0.429. The highest BCUT2D eigenvalue weighted by atomic mass is 15.3.